The lowest BCUT2D eigenvalue weighted by molar-refractivity contribution is -0.143. The third-order valence-corrected chi connectivity index (χ3v) is 3.32. The van der Waals surface area contributed by atoms with Crippen molar-refractivity contribution >= 4 is 11.6 Å². The van der Waals surface area contributed by atoms with Crippen molar-refractivity contribution in [1.29, 1.82) is 0 Å². The Balaban J connectivity index is 2.31. The topological polar surface area (TPSA) is 46.9 Å². The summed E-state index contributed by atoms with van der Waals surface area (Å²) >= 11 is 0. The van der Waals surface area contributed by atoms with Gasteiger partial charge in [-0.15, -0.1) is 0 Å². The van der Waals surface area contributed by atoms with Crippen LogP contribution in [0.2, 0.25) is 0 Å². The molecule has 0 unspecified atom stereocenters. The van der Waals surface area contributed by atoms with Gasteiger partial charge in [0.2, 0.25) is 0 Å². The van der Waals surface area contributed by atoms with Gasteiger partial charge in [0.15, 0.2) is 5.69 Å². The maximum absolute atomic E-state index is 12.7. The first kappa shape index (κ1) is 16.1. The molecule has 0 aliphatic rings. The SMILES string of the molecule is Cc1cc(C)c(NC(=O)c2cc(C(F)(F)F)n(C)n2)c(C)c1. The lowest BCUT2D eigenvalue weighted by atomic mass is 10.1. The normalized spacial score (nSPS) is 11.6. The maximum Gasteiger partial charge on any atom is 0.433 e. The molecule has 0 aliphatic carbocycles. The molecule has 0 spiro atoms. The van der Waals surface area contributed by atoms with Crippen LogP contribution in [-0.4, -0.2) is 15.7 Å². The van der Waals surface area contributed by atoms with Crippen LogP contribution in [0.5, 0.6) is 0 Å². The van der Waals surface area contributed by atoms with Crippen molar-refractivity contribution in [3.05, 3.63) is 46.3 Å². The van der Waals surface area contributed by atoms with Gasteiger partial charge in [-0.05, 0) is 31.9 Å². The van der Waals surface area contributed by atoms with Crippen LogP contribution in [0.1, 0.15) is 32.9 Å². The van der Waals surface area contributed by atoms with Gasteiger partial charge in [0, 0.05) is 18.8 Å². The summed E-state index contributed by atoms with van der Waals surface area (Å²) in [7, 11) is 1.15. The van der Waals surface area contributed by atoms with E-state index in [1.807, 2.05) is 32.9 Å². The molecular weight excluding hydrogens is 295 g/mol. The Morgan fingerprint density at radius 1 is 1.14 bits per heavy atom. The molecular formula is C15H16F3N3O. The summed E-state index contributed by atoms with van der Waals surface area (Å²) in [4.78, 5) is 12.1. The van der Waals surface area contributed by atoms with Gasteiger partial charge in [0.05, 0.1) is 0 Å². The largest absolute Gasteiger partial charge is 0.433 e. The van der Waals surface area contributed by atoms with Crippen molar-refractivity contribution < 1.29 is 18.0 Å². The first-order valence-corrected chi connectivity index (χ1v) is 6.60. The van der Waals surface area contributed by atoms with E-state index in [0.29, 0.717) is 10.4 Å². The van der Waals surface area contributed by atoms with Crippen LogP contribution in [0.4, 0.5) is 18.9 Å². The number of amides is 1. The van der Waals surface area contributed by atoms with E-state index >= 15 is 0 Å². The van der Waals surface area contributed by atoms with Crippen LogP contribution in [0, 0.1) is 20.8 Å². The molecule has 0 saturated heterocycles. The molecule has 1 amide bonds. The first-order chi connectivity index (χ1) is 10.1. The second-order valence-electron chi connectivity index (χ2n) is 5.26. The number of aromatic nitrogens is 2. The minimum atomic E-state index is -4.55. The van der Waals surface area contributed by atoms with Crippen molar-refractivity contribution in [1.82, 2.24) is 9.78 Å². The van der Waals surface area contributed by atoms with Crippen molar-refractivity contribution in [2.24, 2.45) is 7.05 Å². The van der Waals surface area contributed by atoms with Gasteiger partial charge in [-0.1, -0.05) is 17.7 Å². The van der Waals surface area contributed by atoms with Gasteiger partial charge >= 0.3 is 6.18 Å². The number of nitrogens with zero attached hydrogens (tertiary/aromatic N) is 2. The number of nitrogens with one attached hydrogen (secondary N) is 1. The Morgan fingerprint density at radius 3 is 2.14 bits per heavy atom. The number of carbonyl (C=O) groups is 1. The zero-order valence-electron chi connectivity index (χ0n) is 12.7. The number of hydrogen-bond donors (Lipinski definition) is 1. The van der Waals surface area contributed by atoms with Crippen molar-refractivity contribution in [3.63, 3.8) is 0 Å². The van der Waals surface area contributed by atoms with Crippen LogP contribution in [0.15, 0.2) is 18.2 Å². The average Bonchev–Trinajstić information content (AvgIpc) is 2.75. The highest BCUT2D eigenvalue weighted by atomic mass is 19.4. The number of rotatable bonds is 2. The van der Waals surface area contributed by atoms with E-state index < -0.39 is 17.8 Å². The van der Waals surface area contributed by atoms with Gasteiger partial charge in [-0.3, -0.25) is 9.48 Å². The molecule has 4 nitrogen and oxygen atoms in total. The van der Waals surface area contributed by atoms with Crippen LogP contribution < -0.4 is 5.32 Å². The van der Waals surface area contributed by atoms with Gasteiger partial charge in [-0.25, -0.2) is 0 Å². The van der Waals surface area contributed by atoms with Crippen LogP contribution in [-0.2, 0) is 13.2 Å². The highest BCUT2D eigenvalue weighted by Crippen LogP contribution is 2.29. The third-order valence-electron chi connectivity index (χ3n) is 3.32. The fraction of sp³-hybridized carbons (Fsp3) is 0.333. The standard InChI is InChI=1S/C15H16F3N3O/c1-8-5-9(2)13(10(3)6-8)19-14(22)11-7-12(15(16,17)18)21(4)20-11/h5-7H,1-4H3,(H,19,22). The Bertz CT molecular complexity index is 709. The number of benzene rings is 1. The summed E-state index contributed by atoms with van der Waals surface area (Å²) in [5.74, 6) is -0.666. The summed E-state index contributed by atoms with van der Waals surface area (Å²) in [6, 6.07) is 4.53. The van der Waals surface area contributed by atoms with Crippen LogP contribution >= 0.6 is 0 Å². The highest BCUT2D eigenvalue weighted by Gasteiger charge is 2.35. The molecule has 2 aromatic rings. The summed E-state index contributed by atoms with van der Waals surface area (Å²) in [5.41, 5.74) is 2.10. The number of anilines is 1. The monoisotopic (exact) mass is 311 g/mol. The number of aryl methyl sites for hydroxylation is 4. The first-order valence-electron chi connectivity index (χ1n) is 6.60. The third kappa shape index (κ3) is 3.13. The molecule has 0 aliphatic heterocycles. The molecule has 22 heavy (non-hydrogen) atoms. The summed E-state index contributed by atoms with van der Waals surface area (Å²) < 4.78 is 38.9. The molecule has 1 heterocycles. The Kier molecular flexibility index (Phi) is 4.00. The molecule has 0 fully saturated rings. The van der Waals surface area contributed by atoms with E-state index in [9.17, 15) is 18.0 Å². The van der Waals surface area contributed by atoms with Gasteiger partial charge in [0.1, 0.15) is 5.69 Å². The van der Waals surface area contributed by atoms with Gasteiger partial charge < -0.3 is 5.32 Å². The molecule has 0 radical (unpaired) electrons. The maximum atomic E-state index is 12.7. The van der Waals surface area contributed by atoms with E-state index in [4.69, 9.17) is 0 Å². The minimum absolute atomic E-state index is 0.269. The van der Waals surface area contributed by atoms with E-state index in [0.717, 1.165) is 29.8 Å². The summed E-state index contributed by atoms with van der Waals surface area (Å²) in [5, 5.41) is 6.27. The summed E-state index contributed by atoms with van der Waals surface area (Å²) in [6.45, 7) is 5.59. The molecule has 1 aromatic heterocycles. The van der Waals surface area contributed by atoms with E-state index in [-0.39, 0.29) is 5.69 Å². The predicted octanol–water partition coefficient (Wildman–Crippen LogP) is 3.62. The van der Waals surface area contributed by atoms with Crippen molar-refractivity contribution in [3.8, 4) is 0 Å². The second-order valence-corrected chi connectivity index (χ2v) is 5.26. The molecule has 0 saturated carbocycles. The van der Waals surface area contributed by atoms with Gasteiger partial charge in [-0.2, -0.15) is 18.3 Å². The predicted molar refractivity (Wildman–Crippen MR) is 76.8 cm³/mol. The molecule has 2 rings (SSSR count). The average molecular weight is 311 g/mol. The molecule has 1 aromatic carbocycles. The Hall–Kier alpha value is -2.31. The lowest BCUT2D eigenvalue weighted by Crippen LogP contribution is -2.15. The van der Waals surface area contributed by atoms with E-state index in [1.165, 1.54) is 0 Å². The quantitative estimate of drug-likeness (QED) is 0.921. The Labute approximate surface area is 125 Å². The second kappa shape index (κ2) is 5.47. The number of alkyl halides is 3. The minimum Gasteiger partial charge on any atom is -0.320 e. The molecule has 0 atom stereocenters. The zero-order chi connectivity index (χ0) is 16.7. The fourth-order valence-electron chi connectivity index (χ4n) is 2.40. The summed E-state index contributed by atoms with van der Waals surface area (Å²) in [6.07, 6.45) is -4.55. The van der Waals surface area contributed by atoms with Crippen LogP contribution in [0.3, 0.4) is 0 Å². The lowest BCUT2D eigenvalue weighted by Gasteiger charge is -2.11. The molecule has 0 bridgehead atoms. The molecule has 1 N–H and O–H groups in total. The van der Waals surface area contributed by atoms with E-state index in [1.54, 1.807) is 0 Å². The highest BCUT2D eigenvalue weighted by molar-refractivity contribution is 6.03. The zero-order valence-corrected chi connectivity index (χ0v) is 12.7. The number of hydrogen-bond acceptors (Lipinski definition) is 2. The molecule has 7 heteroatoms. The van der Waals surface area contributed by atoms with Crippen LogP contribution in [0.25, 0.3) is 0 Å². The van der Waals surface area contributed by atoms with Gasteiger partial charge in [0.25, 0.3) is 5.91 Å². The number of halogens is 3. The van der Waals surface area contributed by atoms with E-state index in [2.05, 4.69) is 10.4 Å². The Morgan fingerprint density at radius 2 is 1.68 bits per heavy atom. The number of carbonyl (C=O) groups excluding carboxylic acids is 1. The van der Waals surface area contributed by atoms with Crippen molar-refractivity contribution in [2.75, 3.05) is 5.32 Å². The molecule has 118 valence electrons. The smallest absolute Gasteiger partial charge is 0.320 e. The fourth-order valence-corrected chi connectivity index (χ4v) is 2.40. The van der Waals surface area contributed by atoms with Crippen molar-refractivity contribution in [2.45, 2.75) is 26.9 Å².